The SMILES string of the molecule is CC(C)(C)OC(=O)NC1CCN(S(=O)(=O)c2cccc(OC3CNC3)c2)CC1. The van der Waals surface area contributed by atoms with Crippen LogP contribution in [0.15, 0.2) is 29.2 Å². The Morgan fingerprint density at radius 2 is 1.89 bits per heavy atom. The fraction of sp³-hybridized carbons (Fsp3) is 0.632. The number of hydrogen-bond donors (Lipinski definition) is 2. The van der Waals surface area contributed by atoms with E-state index in [4.69, 9.17) is 9.47 Å². The number of nitrogens with one attached hydrogen (secondary N) is 2. The van der Waals surface area contributed by atoms with Gasteiger partial charge in [0, 0.05) is 38.3 Å². The van der Waals surface area contributed by atoms with Crippen molar-refractivity contribution in [2.75, 3.05) is 26.2 Å². The van der Waals surface area contributed by atoms with Gasteiger partial charge in [-0.25, -0.2) is 13.2 Å². The minimum atomic E-state index is -3.60. The molecule has 9 heteroatoms. The van der Waals surface area contributed by atoms with Crippen LogP contribution in [-0.2, 0) is 14.8 Å². The average Bonchev–Trinajstić information content (AvgIpc) is 2.57. The molecule has 2 aliphatic heterocycles. The van der Waals surface area contributed by atoms with Crippen molar-refractivity contribution in [1.82, 2.24) is 14.9 Å². The summed E-state index contributed by atoms with van der Waals surface area (Å²) in [6.07, 6.45) is 0.710. The predicted molar refractivity (Wildman–Crippen MR) is 105 cm³/mol. The third kappa shape index (κ3) is 5.36. The van der Waals surface area contributed by atoms with Gasteiger partial charge >= 0.3 is 6.09 Å². The molecule has 156 valence electrons. The van der Waals surface area contributed by atoms with Crippen LogP contribution in [0.4, 0.5) is 4.79 Å². The van der Waals surface area contributed by atoms with Crippen LogP contribution in [0, 0.1) is 0 Å². The maximum atomic E-state index is 13.0. The summed E-state index contributed by atoms with van der Waals surface area (Å²) in [6, 6.07) is 6.55. The molecule has 8 nitrogen and oxygen atoms in total. The van der Waals surface area contributed by atoms with Gasteiger partial charge in [-0.05, 0) is 45.7 Å². The second kappa shape index (κ2) is 8.26. The van der Waals surface area contributed by atoms with Crippen LogP contribution in [0.2, 0.25) is 0 Å². The number of carbonyl (C=O) groups is 1. The fourth-order valence-electron chi connectivity index (χ4n) is 3.11. The number of amides is 1. The van der Waals surface area contributed by atoms with Gasteiger partial charge in [0.25, 0.3) is 0 Å². The first kappa shape index (κ1) is 20.9. The summed E-state index contributed by atoms with van der Waals surface area (Å²) in [6.45, 7) is 7.66. The maximum absolute atomic E-state index is 13.0. The molecule has 2 N–H and O–H groups in total. The van der Waals surface area contributed by atoms with E-state index < -0.39 is 21.7 Å². The highest BCUT2D eigenvalue weighted by molar-refractivity contribution is 7.89. The van der Waals surface area contributed by atoms with E-state index in [1.807, 2.05) is 0 Å². The molecule has 0 unspecified atom stereocenters. The molecular formula is C19H29N3O5S. The number of nitrogens with zero attached hydrogens (tertiary/aromatic N) is 1. The number of rotatable bonds is 5. The average molecular weight is 412 g/mol. The molecule has 0 radical (unpaired) electrons. The summed E-state index contributed by atoms with van der Waals surface area (Å²) < 4.78 is 38.4. The zero-order chi connectivity index (χ0) is 20.4. The number of alkyl carbamates (subject to hydrolysis) is 1. The number of hydrogen-bond acceptors (Lipinski definition) is 6. The van der Waals surface area contributed by atoms with Crippen molar-refractivity contribution in [3.63, 3.8) is 0 Å². The second-order valence-electron chi connectivity index (χ2n) is 8.20. The van der Waals surface area contributed by atoms with Crippen molar-refractivity contribution in [3.05, 3.63) is 24.3 Å². The Hall–Kier alpha value is -1.84. The van der Waals surface area contributed by atoms with Crippen molar-refractivity contribution >= 4 is 16.1 Å². The van der Waals surface area contributed by atoms with Gasteiger partial charge < -0.3 is 20.1 Å². The smallest absolute Gasteiger partial charge is 0.407 e. The minimum Gasteiger partial charge on any atom is -0.488 e. The van der Waals surface area contributed by atoms with Crippen molar-refractivity contribution in [1.29, 1.82) is 0 Å². The van der Waals surface area contributed by atoms with Crippen molar-refractivity contribution in [3.8, 4) is 5.75 Å². The van der Waals surface area contributed by atoms with Crippen LogP contribution < -0.4 is 15.4 Å². The summed E-state index contributed by atoms with van der Waals surface area (Å²) in [7, 11) is -3.60. The number of ether oxygens (including phenoxy) is 2. The van der Waals surface area contributed by atoms with Gasteiger partial charge in [-0.2, -0.15) is 4.31 Å². The normalized spacial score (nSPS) is 19.7. The van der Waals surface area contributed by atoms with Crippen LogP contribution in [0.5, 0.6) is 5.75 Å². The van der Waals surface area contributed by atoms with Gasteiger partial charge in [0.2, 0.25) is 10.0 Å². The lowest BCUT2D eigenvalue weighted by molar-refractivity contribution is 0.0489. The molecule has 2 heterocycles. The third-order valence-corrected chi connectivity index (χ3v) is 6.56. The first-order valence-corrected chi connectivity index (χ1v) is 11.0. The Morgan fingerprint density at radius 1 is 1.21 bits per heavy atom. The van der Waals surface area contributed by atoms with E-state index in [2.05, 4.69) is 10.6 Å². The Bertz CT molecular complexity index is 794. The molecule has 0 saturated carbocycles. The molecule has 1 aromatic rings. The fourth-order valence-corrected chi connectivity index (χ4v) is 4.62. The molecule has 3 rings (SSSR count). The number of benzene rings is 1. The standard InChI is InChI=1S/C19H29N3O5S/c1-19(2,3)27-18(23)21-14-7-9-22(10-8-14)28(24,25)17-6-4-5-15(11-17)26-16-12-20-13-16/h4-6,11,14,16,20H,7-10,12-13H2,1-3H3,(H,21,23). The van der Waals surface area contributed by atoms with E-state index in [1.165, 1.54) is 4.31 Å². The van der Waals surface area contributed by atoms with Crippen LogP contribution >= 0.6 is 0 Å². The summed E-state index contributed by atoms with van der Waals surface area (Å²) >= 11 is 0. The zero-order valence-electron chi connectivity index (χ0n) is 16.6. The van der Waals surface area contributed by atoms with Crippen LogP contribution in [-0.4, -0.2) is 62.7 Å². The minimum absolute atomic E-state index is 0.0904. The van der Waals surface area contributed by atoms with E-state index in [-0.39, 0.29) is 17.0 Å². The van der Waals surface area contributed by atoms with E-state index >= 15 is 0 Å². The topological polar surface area (TPSA) is 97.0 Å². The molecule has 0 aromatic heterocycles. The highest BCUT2D eigenvalue weighted by atomic mass is 32.2. The summed E-state index contributed by atoms with van der Waals surface area (Å²) in [4.78, 5) is 12.1. The Balaban J connectivity index is 1.57. The van der Waals surface area contributed by atoms with Gasteiger partial charge in [0.05, 0.1) is 4.90 Å². The second-order valence-corrected chi connectivity index (χ2v) is 10.1. The number of carbonyl (C=O) groups excluding carboxylic acids is 1. The Kier molecular flexibility index (Phi) is 6.16. The van der Waals surface area contributed by atoms with E-state index in [0.29, 0.717) is 31.7 Å². The van der Waals surface area contributed by atoms with E-state index in [0.717, 1.165) is 13.1 Å². The number of piperidine rings is 1. The summed E-state index contributed by atoms with van der Waals surface area (Å²) in [5.41, 5.74) is -0.559. The molecule has 2 aliphatic rings. The molecule has 0 atom stereocenters. The first-order chi connectivity index (χ1) is 13.1. The van der Waals surface area contributed by atoms with Crippen molar-refractivity contribution in [2.24, 2.45) is 0 Å². The van der Waals surface area contributed by atoms with Crippen LogP contribution in [0.3, 0.4) is 0 Å². The third-order valence-electron chi connectivity index (χ3n) is 4.66. The molecule has 2 saturated heterocycles. The Labute approximate surface area is 166 Å². The molecule has 0 aliphatic carbocycles. The molecular weight excluding hydrogens is 382 g/mol. The Morgan fingerprint density at radius 3 is 2.46 bits per heavy atom. The van der Waals surface area contributed by atoms with Crippen molar-refractivity contribution in [2.45, 2.75) is 56.3 Å². The lowest BCUT2D eigenvalue weighted by atomic mass is 10.1. The highest BCUT2D eigenvalue weighted by Crippen LogP contribution is 2.25. The first-order valence-electron chi connectivity index (χ1n) is 9.60. The number of sulfonamides is 1. The molecule has 0 spiro atoms. The van der Waals surface area contributed by atoms with Gasteiger partial charge in [-0.3, -0.25) is 0 Å². The van der Waals surface area contributed by atoms with E-state index in [1.54, 1.807) is 45.0 Å². The lowest BCUT2D eigenvalue weighted by Crippen LogP contribution is -2.50. The summed E-state index contributed by atoms with van der Waals surface area (Å²) in [5, 5.41) is 5.94. The quantitative estimate of drug-likeness (QED) is 0.766. The predicted octanol–water partition coefficient (Wildman–Crippen LogP) is 1.72. The summed E-state index contributed by atoms with van der Waals surface area (Å²) in [5.74, 6) is 0.564. The van der Waals surface area contributed by atoms with E-state index in [9.17, 15) is 13.2 Å². The largest absolute Gasteiger partial charge is 0.488 e. The molecule has 1 aromatic carbocycles. The van der Waals surface area contributed by atoms with Gasteiger partial charge in [-0.1, -0.05) is 6.07 Å². The molecule has 2 fully saturated rings. The van der Waals surface area contributed by atoms with Crippen LogP contribution in [0.25, 0.3) is 0 Å². The zero-order valence-corrected chi connectivity index (χ0v) is 17.4. The molecule has 1 amide bonds. The monoisotopic (exact) mass is 411 g/mol. The lowest BCUT2D eigenvalue weighted by Gasteiger charge is -2.32. The van der Waals surface area contributed by atoms with Gasteiger partial charge in [-0.15, -0.1) is 0 Å². The van der Waals surface area contributed by atoms with Crippen molar-refractivity contribution < 1.29 is 22.7 Å². The van der Waals surface area contributed by atoms with Gasteiger partial charge in [0.15, 0.2) is 0 Å². The van der Waals surface area contributed by atoms with Gasteiger partial charge in [0.1, 0.15) is 17.5 Å². The molecule has 28 heavy (non-hydrogen) atoms. The molecule has 0 bridgehead atoms. The van der Waals surface area contributed by atoms with Crippen LogP contribution in [0.1, 0.15) is 33.6 Å². The highest BCUT2D eigenvalue weighted by Gasteiger charge is 2.31. The maximum Gasteiger partial charge on any atom is 0.407 e.